The zero-order valence-corrected chi connectivity index (χ0v) is 48.2. The predicted molar refractivity (Wildman–Crippen MR) is 307 cm³/mol. The van der Waals surface area contributed by atoms with Crippen LogP contribution in [0, 0.1) is 5.92 Å². The molecule has 0 spiro atoms. The van der Waals surface area contributed by atoms with E-state index in [9.17, 15) is 88.8 Å². The van der Waals surface area contributed by atoms with Crippen molar-refractivity contribution in [2.75, 3.05) is 26.3 Å². The number of hydrogen-bond acceptors (Lipinski definition) is 19. The molecule has 0 saturated carbocycles. The monoisotopic (exact) mass is 1210 g/mol. The Bertz CT molecular complexity index is 2790. The maximum absolute atomic E-state index is 14.4. The highest BCUT2D eigenvalue weighted by molar-refractivity contribution is 5.99. The van der Waals surface area contributed by atoms with Gasteiger partial charge in [-0.1, -0.05) is 50.2 Å². The van der Waals surface area contributed by atoms with Gasteiger partial charge in [-0.15, -0.1) is 0 Å². The third kappa shape index (κ3) is 21.2. The van der Waals surface area contributed by atoms with Crippen LogP contribution in [-0.4, -0.2) is 204 Å². The quantitative estimate of drug-likeness (QED) is 0.0256. The minimum Gasteiger partial charge on any atom is -0.508 e. The van der Waals surface area contributed by atoms with Crippen molar-refractivity contribution in [1.29, 1.82) is 0 Å². The number of aliphatic carboxylic acids is 1. The van der Waals surface area contributed by atoms with Crippen LogP contribution in [0.3, 0.4) is 0 Å². The van der Waals surface area contributed by atoms with Crippen molar-refractivity contribution >= 4 is 59.1 Å². The number of carboxylic acids is 1. The zero-order valence-electron chi connectivity index (χ0n) is 48.2. The SMILES string of the molecule is CC(C)[C@H](NC(=O)[C@@H](N)[C@@H](C)O)C(=O)N[C@@H](CO)C(=O)N1CCC[C@H]1C(=O)N[C@@H](CO)C(=O)N[C@@H](Cc1ccc(O)cc1)C(=O)N[C@H](C(=O)N[C@@H](Cc1ccc(O)cc1)C(=O)N[C@@H](Cc1ccc(O)cc1)C(=O)N[C@@H](CCCCN)C(=O)O)[C@@H](C)O. The van der Waals surface area contributed by atoms with Crippen LogP contribution in [0.2, 0.25) is 0 Å². The van der Waals surface area contributed by atoms with Gasteiger partial charge in [0.2, 0.25) is 53.2 Å². The maximum atomic E-state index is 14.4. The van der Waals surface area contributed by atoms with E-state index in [0.29, 0.717) is 29.5 Å². The summed E-state index contributed by atoms with van der Waals surface area (Å²) < 4.78 is 0. The molecule has 0 aromatic heterocycles. The highest BCUT2D eigenvalue weighted by atomic mass is 16.4. The molecule has 3 aromatic rings. The number of aliphatic hydroxyl groups is 4. The van der Waals surface area contributed by atoms with Gasteiger partial charge in [-0.2, -0.15) is 0 Å². The van der Waals surface area contributed by atoms with Crippen LogP contribution in [0.15, 0.2) is 72.8 Å². The number of nitrogens with one attached hydrogen (secondary N) is 8. The molecule has 1 aliphatic rings. The first-order valence-electron chi connectivity index (χ1n) is 28.0. The molecule has 29 heteroatoms. The summed E-state index contributed by atoms with van der Waals surface area (Å²) in [4.78, 5) is 138. The number of phenolic OH excluding ortho intramolecular Hbond substituents is 3. The summed E-state index contributed by atoms with van der Waals surface area (Å²) in [6.07, 6.45) is -2.88. The number of aliphatic hydroxyl groups excluding tert-OH is 4. The van der Waals surface area contributed by atoms with Gasteiger partial charge in [-0.25, -0.2) is 4.79 Å². The van der Waals surface area contributed by atoms with E-state index in [1.165, 1.54) is 79.7 Å². The molecule has 3 aromatic carbocycles. The van der Waals surface area contributed by atoms with Crippen LogP contribution in [0.4, 0.5) is 0 Å². The first kappa shape index (κ1) is 70.0. The van der Waals surface area contributed by atoms with Crippen LogP contribution >= 0.6 is 0 Å². The van der Waals surface area contributed by atoms with Crippen molar-refractivity contribution in [3.05, 3.63) is 89.5 Å². The molecule has 4 rings (SSSR count). The molecular weight excluding hydrogens is 1130 g/mol. The summed E-state index contributed by atoms with van der Waals surface area (Å²) in [6, 6.07) is 0.868. The van der Waals surface area contributed by atoms with E-state index < -0.39 is 151 Å². The number of aromatic hydroxyl groups is 3. The second-order valence-electron chi connectivity index (χ2n) is 21.4. The highest BCUT2D eigenvalue weighted by Crippen LogP contribution is 2.21. The van der Waals surface area contributed by atoms with Crippen LogP contribution in [0.25, 0.3) is 0 Å². The first-order chi connectivity index (χ1) is 40.7. The van der Waals surface area contributed by atoms with Crippen LogP contribution in [-0.2, 0) is 67.2 Å². The number of carbonyl (C=O) groups is 10. The number of benzene rings is 3. The van der Waals surface area contributed by atoms with Crippen molar-refractivity contribution in [3.8, 4) is 17.2 Å². The molecule has 1 aliphatic heterocycles. The number of hydrogen-bond donors (Lipinski definition) is 18. The molecule has 86 heavy (non-hydrogen) atoms. The fraction of sp³-hybridized carbons (Fsp3) is 0.509. The molecule has 0 bridgehead atoms. The van der Waals surface area contributed by atoms with E-state index in [1.807, 2.05) is 0 Å². The smallest absolute Gasteiger partial charge is 0.326 e. The van der Waals surface area contributed by atoms with Gasteiger partial charge >= 0.3 is 5.97 Å². The fourth-order valence-corrected chi connectivity index (χ4v) is 9.13. The first-order valence-corrected chi connectivity index (χ1v) is 28.0. The van der Waals surface area contributed by atoms with E-state index in [-0.39, 0.29) is 68.9 Å². The summed E-state index contributed by atoms with van der Waals surface area (Å²) in [6.45, 7) is 3.77. The van der Waals surface area contributed by atoms with E-state index in [0.717, 1.165) is 11.8 Å². The van der Waals surface area contributed by atoms with Crippen LogP contribution < -0.4 is 54.0 Å². The lowest BCUT2D eigenvalue weighted by atomic mass is 10.0. The summed E-state index contributed by atoms with van der Waals surface area (Å²) in [5.74, 6) is -11.4. The second kappa shape index (κ2) is 33.9. The number of rotatable bonds is 33. The van der Waals surface area contributed by atoms with E-state index in [4.69, 9.17) is 11.5 Å². The van der Waals surface area contributed by atoms with Crippen molar-refractivity contribution < 1.29 is 88.8 Å². The van der Waals surface area contributed by atoms with Crippen LogP contribution in [0.5, 0.6) is 17.2 Å². The van der Waals surface area contributed by atoms with Crippen molar-refractivity contribution in [1.82, 2.24) is 47.4 Å². The molecule has 472 valence electrons. The van der Waals surface area contributed by atoms with Crippen molar-refractivity contribution in [2.24, 2.45) is 17.4 Å². The average Bonchev–Trinajstić information content (AvgIpc) is 3.30. The summed E-state index contributed by atoms with van der Waals surface area (Å²) in [5, 5.41) is 101. The number of likely N-dealkylation sites (tertiary alicyclic amines) is 1. The Morgan fingerprint density at radius 2 is 0.907 bits per heavy atom. The van der Waals surface area contributed by atoms with Gasteiger partial charge in [0.1, 0.15) is 77.7 Å². The van der Waals surface area contributed by atoms with Gasteiger partial charge in [0.25, 0.3) is 0 Å². The Kier molecular flexibility index (Phi) is 27.6. The molecule has 9 amide bonds. The van der Waals surface area contributed by atoms with Gasteiger partial charge in [-0.05, 0) is 112 Å². The number of phenols is 3. The summed E-state index contributed by atoms with van der Waals surface area (Å²) in [7, 11) is 0. The van der Waals surface area contributed by atoms with E-state index in [1.54, 1.807) is 13.8 Å². The third-order valence-corrected chi connectivity index (χ3v) is 14.2. The van der Waals surface area contributed by atoms with Crippen molar-refractivity contribution in [3.63, 3.8) is 0 Å². The fourth-order valence-electron chi connectivity index (χ4n) is 9.13. The maximum Gasteiger partial charge on any atom is 0.326 e. The van der Waals surface area contributed by atoms with Gasteiger partial charge < -0.3 is 99.8 Å². The van der Waals surface area contributed by atoms with Gasteiger partial charge in [0.15, 0.2) is 0 Å². The normalized spacial score (nSPS) is 16.9. The minimum absolute atomic E-state index is 0.00116. The molecule has 1 fully saturated rings. The second-order valence-corrected chi connectivity index (χ2v) is 21.4. The molecule has 0 radical (unpaired) electrons. The van der Waals surface area contributed by atoms with Gasteiger partial charge in [-0.3, -0.25) is 43.2 Å². The Labute approximate surface area is 496 Å². The summed E-state index contributed by atoms with van der Waals surface area (Å²) >= 11 is 0. The number of carboxylic acid groups (broad SMARTS) is 1. The molecule has 0 aliphatic carbocycles. The third-order valence-electron chi connectivity index (χ3n) is 14.2. The van der Waals surface area contributed by atoms with Gasteiger partial charge in [0.05, 0.1) is 25.4 Å². The molecule has 12 atom stereocenters. The topological polar surface area (TPSA) is 484 Å². The lowest BCUT2D eigenvalue weighted by molar-refractivity contribution is -0.143. The van der Waals surface area contributed by atoms with Crippen LogP contribution in [0.1, 0.15) is 76.5 Å². The zero-order chi connectivity index (χ0) is 63.9. The van der Waals surface area contributed by atoms with E-state index in [2.05, 4.69) is 42.5 Å². The Balaban J connectivity index is 1.58. The molecule has 1 saturated heterocycles. The molecule has 1 heterocycles. The molecular formula is C57H81N11O18. The number of nitrogens with zero attached hydrogens (tertiary/aromatic N) is 1. The molecule has 0 unspecified atom stereocenters. The molecule has 29 nitrogen and oxygen atoms in total. The Hall–Kier alpha value is -8.48. The number of nitrogens with two attached hydrogens (primary N) is 2. The van der Waals surface area contributed by atoms with E-state index >= 15 is 0 Å². The largest absolute Gasteiger partial charge is 0.508 e. The van der Waals surface area contributed by atoms with Crippen molar-refractivity contribution in [2.45, 2.75) is 152 Å². The van der Waals surface area contributed by atoms with Gasteiger partial charge in [0, 0.05) is 25.8 Å². The Morgan fingerprint density at radius 1 is 0.512 bits per heavy atom. The molecule has 20 N–H and O–H groups in total. The number of carbonyl (C=O) groups excluding carboxylic acids is 9. The lowest BCUT2D eigenvalue weighted by Gasteiger charge is -2.31. The summed E-state index contributed by atoms with van der Waals surface area (Å²) in [5.41, 5.74) is 12.4. The lowest BCUT2D eigenvalue weighted by Crippen LogP contribution is -2.63. The predicted octanol–water partition coefficient (Wildman–Crippen LogP) is -4.36. The number of unbranched alkanes of at least 4 members (excludes halogenated alkanes) is 1. The number of amides is 9. The Morgan fingerprint density at radius 3 is 1.31 bits per heavy atom. The standard InChI is InChI=1S/C57H81N11O18/c1-29(2)46(66-53(81)45(59)30(3)71)54(82)65-43(28-70)56(84)68-23-7-9-44(68)52(80)64-42(27-69)51(79)62-41(26-34-14-20-37(75)21-15-34)50(78)67-47(31(4)72)55(83)63-40(25-33-12-18-36(74)19-13-33)49(77)61-39(24-32-10-16-35(73)17-11-32)48(76)60-38(57(85)86)8-5-6-22-58/h10-21,29-31,38-47,69-75H,5-9,22-28,58-59H2,1-4H3,(H,60,76)(H,61,77)(H,62,79)(H,63,83)(H,64,80)(H,65,82)(H,66,81)(H,67,78)(H,85,86)/t30-,31-,38+,39+,40+,41+,42+,43+,44+,45+,46+,47+/m1/s1. The highest BCUT2D eigenvalue weighted by Gasteiger charge is 2.41. The minimum atomic E-state index is -1.91. The average molecular weight is 1210 g/mol.